The van der Waals surface area contributed by atoms with E-state index in [2.05, 4.69) is 0 Å². The molecular formula is C17H15Cl2F2NO4. The largest absolute Gasteiger partial charge is 0.388 e. The number of aliphatic hydroxyl groups excluding tert-OH is 2. The summed E-state index contributed by atoms with van der Waals surface area (Å²) in [4.78, 5) is 10.1. The summed E-state index contributed by atoms with van der Waals surface area (Å²) in [6, 6.07) is 4.06. The Morgan fingerprint density at radius 1 is 1.00 bits per heavy atom. The minimum Gasteiger partial charge on any atom is -0.388 e. The molecule has 9 heteroatoms. The van der Waals surface area contributed by atoms with Crippen LogP contribution >= 0.6 is 23.2 Å². The maximum absolute atomic E-state index is 13.9. The lowest BCUT2D eigenvalue weighted by Crippen LogP contribution is -2.07. The van der Waals surface area contributed by atoms with Gasteiger partial charge in [0.25, 0.3) is 5.69 Å². The number of nitro benzene ring substituents is 1. The molecule has 0 unspecified atom stereocenters. The molecule has 0 radical (unpaired) electrons. The van der Waals surface area contributed by atoms with Crippen LogP contribution in [0.1, 0.15) is 41.7 Å². The van der Waals surface area contributed by atoms with E-state index < -0.39 is 34.5 Å². The molecular weight excluding hydrogens is 391 g/mol. The van der Waals surface area contributed by atoms with Gasteiger partial charge in [-0.05, 0) is 43.5 Å². The van der Waals surface area contributed by atoms with Gasteiger partial charge >= 0.3 is 0 Å². The lowest BCUT2D eigenvalue weighted by Gasteiger charge is -2.17. The smallest absolute Gasteiger partial charge is 0.288 e. The SMILES string of the molecule is Cc1cc([C@@H](O)CC[C@H](O)c2cc([N+](=O)[O-])c(Cl)cc2F)c(F)cc1Cl. The first-order chi connectivity index (χ1) is 12.1. The van der Waals surface area contributed by atoms with Gasteiger partial charge in [0.2, 0.25) is 0 Å². The quantitative estimate of drug-likeness (QED) is 0.520. The van der Waals surface area contributed by atoms with Crippen molar-refractivity contribution >= 4 is 28.9 Å². The highest BCUT2D eigenvalue weighted by atomic mass is 35.5. The van der Waals surface area contributed by atoms with Crippen molar-refractivity contribution in [3.8, 4) is 0 Å². The van der Waals surface area contributed by atoms with Crippen LogP contribution in [0, 0.1) is 28.7 Å². The number of nitrogens with zero attached hydrogens (tertiary/aromatic N) is 1. The minimum atomic E-state index is -1.43. The second kappa shape index (κ2) is 8.26. The van der Waals surface area contributed by atoms with Crippen molar-refractivity contribution in [2.24, 2.45) is 0 Å². The number of aliphatic hydroxyl groups is 2. The van der Waals surface area contributed by atoms with Crippen LogP contribution in [-0.4, -0.2) is 15.1 Å². The summed E-state index contributed by atoms with van der Waals surface area (Å²) in [5.74, 6) is -1.60. The lowest BCUT2D eigenvalue weighted by atomic mass is 9.97. The van der Waals surface area contributed by atoms with E-state index in [0.29, 0.717) is 5.56 Å². The van der Waals surface area contributed by atoms with Gasteiger partial charge < -0.3 is 10.2 Å². The highest BCUT2D eigenvalue weighted by molar-refractivity contribution is 6.32. The predicted octanol–water partition coefficient (Wildman–Crippen LogP) is 5.04. The van der Waals surface area contributed by atoms with E-state index >= 15 is 0 Å². The summed E-state index contributed by atoms with van der Waals surface area (Å²) >= 11 is 11.4. The molecule has 26 heavy (non-hydrogen) atoms. The molecule has 0 aliphatic heterocycles. The van der Waals surface area contributed by atoms with Crippen molar-refractivity contribution in [1.29, 1.82) is 0 Å². The molecule has 0 amide bonds. The minimum absolute atomic E-state index is 0.00154. The Balaban J connectivity index is 2.16. The van der Waals surface area contributed by atoms with Gasteiger partial charge in [-0.1, -0.05) is 23.2 Å². The van der Waals surface area contributed by atoms with E-state index in [1.54, 1.807) is 6.92 Å². The zero-order chi connectivity index (χ0) is 19.6. The standard InChI is InChI=1S/C17H15Cl2F2NO4/c1-8-4-9(13(20)6-11(8)18)16(23)2-3-17(24)10-5-15(22(25)26)12(19)7-14(10)21/h4-7,16-17,23-24H,2-3H2,1H3/t16-,17-/m0/s1. The number of hydrogen-bond acceptors (Lipinski definition) is 4. The zero-order valence-electron chi connectivity index (χ0n) is 13.5. The summed E-state index contributed by atoms with van der Waals surface area (Å²) in [5, 5.41) is 31.0. The molecule has 0 aliphatic carbocycles. The first-order valence-corrected chi connectivity index (χ1v) is 8.32. The average Bonchev–Trinajstić information content (AvgIpc) is 2.55. The first kappa shape index (κ1) is 20.5. The van der Waals surface area contributed by atoms with Crippen molar-refractivity contribution in [3.05, 3.63) is 72.7 Å². The molecule has 0 heterocycles. The maximum atomic E-state index is 13.9. The van der Waals surface area contributed by atoms with E-state index in [1.165, 1.54) is 6.07 Å². The highest BCUT2D eigenvalue weighted by Crippen LogP contribution is 2.34. The monoisotopic (exact) mass is 405 g/mol. The van der Waals surface area contributed by atoms with E-state index in [1.807, 2.05) is 0 Å². The molecule has 0 fully saturated rings. The summed E-state index contributed by atoms with van der Waals surface area (Å²) in [6.07, 6.45) is -2.95. The van der Waals surface area contributed by atoms with E-state index in [-0.39, 0.29) is 34.0 Å². The van der Waals surface area contributed by atoms with Crippen molar-refractivity contribution in [2.45, 2.75) is 32.0 Å². The molecule has 0 aliphatic rings. The third kappa shape index (κ3) is 4.48. The third-order valence-electron chi connectivity index (χ3n) is 3.97. The summed E-state index contributed by atoms with van der Waals surface area (Å²) in [5.41, 5.74) is -0.285. The van der Waals surface area contributed by atoms with Crippen LogP contribution in [0.25, 0.3) is 0 Å². The Morgan fingerprint density at radius 3 is 1.96 bits per heavy atom. The second-order valence-electron chi connectivity index (χ2n) is 5.81. The van der Waals surface area contributed by atoms with Gasteiger partial charge in [0.15, 0.2) is 0 Å². The summed E-state index contributed by atoms with van der Waals surface area (Å²) in [7, 11) is 0. The fourth-order valence-electron chi connectivity index (χ4n) is 2.51. The van der Waals surface area contributed by atoms with Crippen LogP contribution in [0.5, 0.6) is 0 Å². The molecule has 5 nitrogen and oxygen atoms in total. The zero-order valence-corrected chi connectivity index (χ0v) is 15.1. The van der Waals surface area contributed by atoms with Crippen molar-refractivity contribution in [3.63, 3.8) is 0 Å². The van der Waals surface area contributed by atoms with Crippen molar-refractivity contribution in [2.75, 3.05) is 0 Å². The molecule has 2 N–H and O–H groups in total. The number of nitro groups is 1. The van der Waals surface area contributed by atoms with Gasteiger partial charge in [0.1, 0.15) is 16.7 Å². The van der Waals surface area contributed by atoms with Crippen LogP contribution < -0.4 is 0 Å². The van der Waals surface area contributed by atoms with Crippen LogP contribution in [0.2, 0.25) is 10.0 Å². The molecule has 2 rings (SSSR count). The van der Waals surface area contributed by atoms with Gasteiger partial charge in [-0.25, -0.2) is 8.78 Å². The third-order valence-corrected chi connectivity index (χ3v) is 4.68. The fraction of sp³-hybridized carbons (Fsp3) is 0.294. The molecule has 2 atom stereocenters. The second-order valence-corrected chi connectivity index (χ2v) is 6.63. The van der Waals surface area contributed by atoms with Crippen molar-refractivity contribution < 1.29 is 23.9 Å². The molecule has 140 valence electrons. The molecule has 2 aromatic rings. The number of halogens is 4. The highest BCUT2D eigenvalue weighted by Gasteiger charge is 2.23. The normalized spacial score (nSPS) is 13.5. The Labute approximate surface area is 157 Å². The van der Waals surface area contributed by atoms with Crippen LogP contribution in [0.15, 0.2) is 24.3 Å². The van der Waals surface area contributed by atoms with Crippen molar-refractivity contribution in [1.82, 2.24) is 0 Å². The van der Waals surface area contributed by atoms with Gasteiger partial charge in [0.05, 0.1) is 17.1 Å². The van der Waals surface area contributed by atoms with Crippen LogP contribution in [-0.2, 0) is 0 Å². The Morgan fingerprint density at radius 2 is 1.46 bits per heavy atom. The Hall–Kier alpha value is -1.80. The van der Waals surface area contributed by atoms with Gasteiger partial charge in [0, 0.05) is 22.2 Å². The lowest BCUT2D eigenvalue weighted by molar-refractivity contribution is -0.384. The molecule has 0 aromatic heterocycles. The Bertz CT molecular complexity index is 848. The Kier molecular flexibility index (Phi) is 6.52. The summed E-state index contributed by atoms with van der Waals surface area (Å²) in [6.45, 7) is 1.65. The molecule has 2 aromatic carbocycles. The topological polar surface area (TPSA) is 83.6 Å². The molecule has 0 saturated carbocycles. The number of aryl methyl sites for hydroxylation is 1. The van der Waals surface area contributed by atoms with E-state index in [0.717, 1.165) is 18.2 Å². The molecule has 0 bridgehead atoms. The van der Waals surface area contributed by atoms with E-state index in [9.17, 15) is 29.1 Å². The number of rotatable bonds is 6. The van der Waals surface area contributed by atoms with Gasteiger partial charge in [-0.3, -0.25) is 10.1 Å². The number of hydrogen-bond donors (Lipinski definition) is 2. The van der Waals surface area contributed by atoms with Crippen LogP contribution in [0.3, 0.4) is 0 Å². The van der Waals surface area contributed by atoms with E-state index in [4.69, 9.17) is 23.2 Å². The van der Waals surface area contributed by atoms with Gasteiger partial charge in [-0.15, -0.1) is 0 Å². The predicted molar refractivity (Wildman–Crippen MR) is 93.4 cm³/mol. The molecule has 0 spiro atoms. The average molecular weight is 406 g/mol. The fourth-order valence-corrected chi connectivity index (χ4v) is 2.88. The molecule has 0 saturated heterocycles. The maximum Gasteiger partial charge on any atom is 0.288 e. The first-order valence-electron chi connectivity index (χ1n) is 7.56. The van der Waals surface area contributed by atoms with Crippen LogP contribution in [0.4, 0.5) is 14.5 Å². The summed E-state index contributed by atoms with van der Waals surface area (Å²) < 4.78 is 27.9. The number of benzene rings is 2. The van der Waals surface area contributed by atoms with Gasteiger partial charge in [-0.2, -0.15) is 0 Å².